The first kappa shape index (κ1) is 15.3. The van der Waals surface area contributed by atoms with Gasteiger partial charge in [0.05, 0.1) is 0 Å². The number of carbonyl (C=O) groups is 2. The topological polar surface area (TPSA) is 63.4 Å². The molecule has 2 unspecified atom stereocenters. The lowest BCUT2D eigenvalue weighted by Crippen LogP contribution is -2.50. The summed E-state index contributed by atoms with van der Waals surface area (Å²) in [5, 5.41) is 0. The molecule has 0 aromatic heterocycles. The zero-order chi connectivity index (χ0) is 14.6. The van der Waals surface area contributed by atoms with Gasteiger partial charge in [-0.15, -0.1) is 0 Å². The van der Waals surface area contributed by atoms with Crippen molar-refractivity contribution in [2.24, 2.45) is 11.7 Å². The molecule has 0 radical (unpaired) electrons. The van der Waals surface area contributed by atoms with Gasteiger partial charge in [-0.25, -0.2) is 0 Å². The van der Waals surface area contributed by atoms with E-state index in [1.807, 2.05) is 0 Å². The maximum Gasteiger partial charge on any atom is 0.457 e. The lowest BCUT2D eigenvalue weighted by atomic mass is 9.95. The summed E-state index contributed by atoms with van der Waals surface area (Å²) in [6.07, 6.45) is -3.94. The summed E-state index contributed by atoms with van der Waals surface area (Å²) in [7, 11) is 0. The Labute approximate surface area is 109 Å². The highest BCUT2D eigenvalue weighted by Gasteiger charge is 2.32. The Balaban J connectivity index is 2.68. The highest BCUT2D eigenvalue weighted by molar-refractivity contribution is 5.87. The molecule has 2 N–H and O–H groups in total. The minimum Gasteiger partial charge on any atom is -0.368 e. The summed E-state index contributed by atoms with van der Waals surface area (Å²) in [6, 6.07) is -0.691. The van der Waals surface area contributed by atoms with E-state index in [0.29, 0.717) is 12.8 Å². The number of alkyl halides is 3. The van der Waals surface area contributed by atoms with Crippen LogP contribution in [0.2, 0.25) is 0 Å². The quantitative estimate of drug-likeness (QED) is 0.783. The molecule has 106 valence electrons. The molecule has 1 aliphatic heterocycles. The van der Waals surface area contributed by atoms with Gasteiger partial charge in [0.25, 0.3) is 0 Å². The molecule has 7 heteroatoms. The number of primary amides is 1. The maximum atomic E-state index is 11.9. The largest absolute Gasteiger partial charge is 0.457 e. The molecule has 0 spiro atoms. The minimum atomic E-state index is -4.54. The van der Waals surface area contributed by atoms with E-state index < -0.39 is 24.0 Å². The van der Waals surface area contributed by atoms with Crippen LogP contribution in [0.1, 0.15) is 26.2 Å². The predicted octanol–water partition coefficient (Wildman–Crippen LogP) is 1.05. The zero-order valence-corrected chi connectivity index (χ0v) is 10.5. The predicted molar refractivity (Wildman–Crippen MR) is 61.5 cm³/mol. The Hall–Kier alpha value is -1.71. The third-order valence-electron chi connectivity index (χ3n) is 2.97. The lowest BCUT2D eigenvalue weighted by molar-refractivity contribution is -0.142. The summed E-state index contributed by atoms with van der Waals surface area (Å²) in [6.45, 7) is 1.93. The van der Waals surface area contributed by atoms with Crippen molar-refractivity contribution in [1.82, 2.24) is 4.90 Å². The molecule has 0 saturated carbocycles. The molecule has 0 aromatic carbocycles. The van der Waals surface area contributed by atoms with Crippen molar-refractivity contribution in [2.45, 2.75) is 38.4 Å². The van der Waals surface area contributed by atoms with Crippen LogP contribution in [0.25, 0.3) is 0 Å². The Bertz CT molecular complexity index is 423. The molecule has 1 heterocycles. The van der Waals surface area contributed by atoms with E-state index in [-0.39, 0.29) is 18.9 Å². The standard InChI is InChI=1S/C12H15F3N2O2/c1-2-9(11(16)19)17-6-4-8(7-10(17)18)3-5-12(13,14)15/h8-9H,2,4,6-7H2,1H3,(H2,16,19). The highest BCUT2D eigenvalue weighted by Crippen LogP contribution is 2.22. The van der Waals surface area contributed by atoms with Gasteiger partial charge >= 0.3 is 6.18 Å². The smallest absolute Gasteiger partial charge is 0.368 e. The molecule has 19 heavy (non-hydrogen) atoms. The molecule has 1 aliphatic rings. The number of halogens is 3. The van der Waals surface area contributed by atoms with Crippen LogP contribution in [0.3, 0.4) is 0 Å². The lowest BCUT2D eigenvalue weighted by Gasteiger charge is -2.34. The average Bonchev–Trinajstić information content (AvgIpc) is 2.28. The summed E-state index contributed by atoms with van der Waals surface area (Å²) in [5.74, 6) is 1.65. The molecule has 4 nitrogen and oxygen atoms in total. The fraction of sp³-hybridized carbons (Fsp3) is 0.667. The molecule has 1 rings (SSSR count). The summed E-state index contributed by atoms with van der Waals surface area (Å²) in [4.78, 5) is 24.3. The average molecular weight is 276 g/mol. The van der Waals surface area contributed by atoms with E-state index >= 15 is 0 Å². The van der Waals surface area contributed by atoms with E-state index in [1.165, 1.54) is 10.8 Å². The minimum absolute atomic E-state index is 0.104. The van der Waals surface area contributed by atoms with Crippen LogP contribution in [0.4, 0.5) is 13.2 Å². The van der Waals surface area contributed by atoms with Gasteiger partial charge in [-0.3, -0.25) is 9.59 Å². The number of nitrogens with two attached hydrogens (primary N) is 1. The third kappa shape index (κ3) is 4.47. The molecule has 2 atom stereocenters. The van der Waals surface area contributed by atoms with E-state index in [0.717, 1.165) is 0 Å². The first-order valence-corrected chi connectivity index (χ1v) is 5.92. The van der Waals surface area contributed by atoms with Crippen molar-refractivity contribution in [3.8, 4) is 11.8 Å². The zero-order valence-electron chi connectivity index (χ0n) is 10.5. The molecular formula is C12H15F3N2O2. The number of carbonyl (C=O) groups excluding carboxylic acids is 2. The number of hydrogen-bond donors (Lipinski definition) is 1. The number of likely N-dealkylation sites (tertiary alicyclic amines) is 1. The van der Waals surface area contributed by atoms with Crippen LogP contribution < -0.4 is 5.73 Å². The van der Waals surface area contributed by atoms with Crippen LogP contribution in [0.5, 0.6) is 0 Å². The molecule has 0 aromatic rings. The van der Waals surface area contributed by atoms with E-state index in [1.54, 1.807) is 6.92 Å². The Morgan fingerprint density at radius 1 is 1.58 bits per heavy atom. The van der Waals surface area contributed by atoms with Gasteiger partial charge in [0.2, 0.25) is 11.8 Å². The summed E-state index contributed by atoms with van der Waals surface area (Å²) in [5.41, 5.74) is 5.18. The molecule has 1 fully saturated rings. The van der Waals surface area contributed by atoms with Crippen LogP contribution in [-0.2, 0) is 9.59 Å². The SMILES string of the molecule is CCC(C(N)=O)N1CCC(C#CC(F)(F)F)CC1=O. The van der Waals surface area contributed by atoms with Gasteiger partial charge in [-0.05, 0) is 12.8 Å². The Morgan fingerprint density at radius 3 is 2.63 bits per heavy atom. The van der Waals surface area contributed by atoms with Crippen LogP contribution in [0.15, 0.2) is 0 Å². The first-order chi connectivity index (χ1) is 8.74. The number of amides is 2. The van der Waals surface area contributed by atoms with Crippen LogP contribution in [0, 0.1) is 17.8 Å². The van der Waals surface area contributed by atoms with Crippen molar-refractivity contribution in [3.63, 3.8) is 0 Å². The monoisotopic (exact) mass is 276 g/mol. The van der Waals surface area contributed by atoms with Gasteiger partial charge in [0.1, 0.15) is 6.04 Å². The first-order valence-electron chi connectivity index (χ1n) is 5.92. The second-order valence-electron chi connectivity index (χ2n) is 4.37. The van der Waals surface area contributed by atoms with Crippen LogP contribution >= 0.6 is 0 Å². The van der Waals surface area contributed by atoms with Crippen LogP contribution in [-0.4, -0.2) is 35.5 Å². The Morgan fingerprint density at radius 2 is 2.21 bits per heavy atom. The van der Waals surface area contributed by atoms with Crippen molar-refractivity contribution >= 4 is 11.8 Å². The van der Waals surface area contributed by atoms with E-state index in [4.69, 9.17) is 5.73 Å². The number of rotatable bonds is 3. The van der Waals surface area contributed by atoms with E-state index in [9.17, 15) is 22.8 Å². The Kier molecular flexibility index (Phi) is 4.81. The number of piperidine rings is 1. The van der Waals surface area contributed by atoms with Gasteiger partial charge < -0.3 is 10.6 Å². The van der Waals surface area contributed by atoms with Crippen molar-refractivity contribution in [1.29, 1.82) is 0 Å². The summed E-state index contributed by atoms with van der Waals surface area (Å²) < 4.78 is 35.8. The second kappa shape index (κ2) is 5.95. The normalized spacial score (nSPS) is 21.6. The van der Waals surface area contributed by atoms with Crippen molar-refractivity contribution < 1.29 is 22.8 Å². The maximum absolute atomic E-state index is 11.9. The summed E-state index contributed by atoms with van der Waals surface area (Å²) >= 11 is 0. The van der Waals surface area contributed by atoms with Crippen molar-refractivity contribution in [3.05, 3.63) is 0 Å². The van der Waals surface area contributed by atoms with Crippen molar-refractivity contribution in [2.75, 3.05) is 6.54 Å². The fourth-order valence-electron chi connectivity index (χ4n) is 2.06. The molecule has 1 saturated heterocycles. The molecule has 2 amide bonds. The molecular weight excluding hydrogens is 261 g/mol. The van der Waals surface area contributed by atoms with Gasteiger partial charge in [-0.2, -0.15) is 13.2 Å². The fourth-order valence-corrected chi connectivity index (χ4v) is 2.06. The van der Waals surface area contributed by atoms with Gasteiger partial charge in [0, 0.05) is 24.8 Å². The molecule has 0 aliphatic carbocycles. The highest BCUT2D eigenvalue weighted by atomic mass is 19.4. The molecule has 0 bridgehead atoms. The number of nitrogens with zero attached hydrogens (tertiary/aromatic N) is 1. The third-order valence-corrected chi connectivity index (χ3v) is 2.97. The van der Waals surface area contributed by atoms with Gasteiger partial charge in [-0.1, -0.05) is 12.8 Å². The second-order valence-corrected chi connectivity index (χ2v) is 4.37. The van der Waals surface area contributed by atoms with E-state index in [2.05, 4.69) is 5.92 Å². The number of hydrogen-bond acceptors (Lipinski definition) is 2. The van der Waals surface area contributed by atoms with Gasteiger partial charge in [0.15, 0.2) is 0 Å².